The maximum atomic E-state index is 13.8. The Labute approximate surface area is 268 Å². The number of amides is 1. The Balaban J connectivity index is 1.09. The average molecular weight is 620 g/mol. The largest absolute Gasteiger partial charge is 0.342 e. The molecule has 3 aromatic carbocycles. The fourth-order valence-electron chi connectivity index (χ4n) is 7.04. The number of likely N-dealkylation sites (N-methyl/N-ethyl adjacent to an activating group) is 1. The normalized spacial score (nSPS) is 19.2. The molecule has 3 aliphatic heterocycles. The Morgan fingerprint density at radius 2 is 1.98 bits per heavy atom. The molecule has 2 atom stereocenters. The second kappa shape index (κ2) is 12.6. The first kappa shape index (κ1) is 30.0. The van der Waals surface area contributed by atoms with Crippen molar-refractivity contribution >= 4 is 28.7 Å². The van der Waals surface area contributed by atoms with Gasteiger partial charge in [0.1, 0.15) is 17.6 Å². The van der Waals surface area contributed by atoms with Crippen molar-refractivity contribution in [1.82, 2.24) is 24.9 Å². The molecule has 2 unspecified atom stereocenters. The van der Waals surface area contributed by atoms with Crippen LogP contribution in [0.4, 0.5) is 4.39 Å². The van der Waals surface area contributed by atoms with E-state index in [1.54, 1.807) is 17.0 Å². The number of nitrogens with zero attached hydrogens (tertiary/aromatic N) is 4. The number of carbonyl (C=O) groups excluding carboxylic acids is 1. The van der Waals surface area contributed by atoms with Crippen LogP contribution in [0.15, 0.2) is 90.4 Å². The lowest BCUT2D eigenvalue weighted by Gasteiger charge is -2.36. The lowest BCUT2D eigenvalue weighted by atomic mass is 9.90. The summed E-state index contributed by atoms with van der Waals surface area (Å²) in [5.41, 5.74) is 14.9. The van der Waals surface area contributed by atoms with Crippen LogP contribution in [0.25, 0.3) is 16.5 Å². The number of quaternary nitrogens is 1. The fraction of sp³-hybridized carbons (Fsp3) is 0.306. The molecule has 3 aliphatic rings. The zero-order valence-corrected chi connectivity index (χ0v) is 26.0. The summed E-state index contributed by atoms with van der Waals surface area (Å²) in [5, 5.41) is 19.3. The molecule has 0 spiro atoms. The number of rotatable bonds is 8. The number of fused-ring (bicyclic) bond motifs is 2. The molecule has 1 fully saturated rings. The smallest absolute Gasteiger partial charge is 0.244 e. The maximum absolute atomic E-state index is 13.8. The van der Waals surface area contributed by atoms with E-state index in [-0.39, 0.29) is 17.6 Å². The number of hydrogen-bond acceptors (Lipinski definition) is 5. The number of aromatic nitrogens is 2. The first-order chi connectivity index (χ1) is 22.4. The maximum Gasteiger partial charge on any atom is 0.244 e. The molecule has 10 heteroatoms. The van der Waals surface area contributed by atoms with Crippen molar-refractivity contribution in [2.24, 2.45) is 11.7 Å². The average Bonchev–Trinajstić information content (AvgIpc) is 3.71. The van der Waals surface area contributed by atoms with Crippen LogP contribution in [0.2, 0.25) is 0 Å². The number of nitrogens with one attached hydrogen (secondary N) is 2. The Kier molecular flexibility index (Phi) is 8.25. The summed E-state index contributed by atoms with van der Waals surface area (Å²) in [6.45, 7) is 2.68. The van der Waals surface area contributed by atoms with Gasteiger partial charge in [0, 0.05) is 55.8 Å². The second-order valence-electron chi connectivity index (χ2n) is 12.6. The number of piperidine rings is 1. The number of halogens is 1. The monoisotopic (exact) mass is 619 g/mol. The van der Waals surface area contributed by atoms with Gasteiger partial charge in [0.25, 0.3) is 0 Å². The third-order valence-corrected chi connectivity index (χ3v) is 9.64. The molecule has 46 heavy (non-hydrogen) atoms. The Morgan fingerprint density at radius 1 is 1.17 bits per heavy atom. The van der Waals surface area contributed by atoms with Crippen LogP contribution < -0.4 is 16.4 Å². The Morgan fingerprint density at radius 3 is 2.76 bits per heavy atom. The second-order valence-corrected chi connectivity index (χ2v) is 12.6. The van der Waals surface area contributed by atoms with Crippen LogP contribution >= 0.6 is 0 Å². The van der Waals surface area contributed by atoms with Gasteiger partial charge in [0.2, 0.25) is 5.91 Å². The highest BCUT2D eigenvalue weighted by atomic mass is 19.1. The predicted molar refractivity (Wildman–Crippen MR) is 177 cm³/mol. The van der Waals surface area contributed by atoms with E-state index in [0.717, 1.165) is 58.1 Å². The Bertz CT molecular complexity index is 1840. The van der Waals surface area contributed by atoms with Gasteiger partial charge in [-0.25, -0.2) is 4.39 Å². The van der Waals surface area contributed by atoms with E-state index in [9.17, 15) is 9.18 Å². The van der Waals surface area contributed by atoms with Crippen LogP contribution in [-0.4, -0.2) is 64.7 Å². The first-order valence-corrected chi connectivity index (χ1v) is 16.0. The summed E-state index contributed by atoms with van der Waals surface area (Å²) < 4.78 is 15.8. The lowest BCUT2D eigenvalue weighted by Crippen LogP contribution is -2.83. The summed E-state index contributed by atoms with van der Waals surface area (Å²) in [7, 11) is 1.82. The van der Waals surface area contributed by atoms with Crippen LogP contribution in [0, 0.1) is 17.1 Å². The summed E-state index contributed by atoms with van der Waals surface area (Å²) in [5.74, 6) is 0.0818. The third-order valence-electron chi connectivity index (χ3n) is 9.64. The molecule has 0 bridgehead atoms. The molecule has 0 saturated carbocycles. The van der Waals surface area contributed by atoms with Crippen LogP contribution in [-0.2, 0) is 17.8 Å². The number of likely N-dealkylation sites (tertiary alicyclic amines) is 1. The topological polar surface area (TPSA) is 120 Å². The van der Waals surface area contributed by atoms with Crippen LogP contribution in [0.3, 0.4) is 0 Å². The van der Waals surface area contributed by atoms with Crippen LogP contribution in [0.5, 0.6) is 0 Å². The summed E-state index contributed by atoms with van der Waals surface area (Å²) in [4.78, 5) is 17.3. The van der Waals surface area contributed by atoms with Gasteiger partial charge in [-0.15, -0.1) is 0 Å². The summed E-state index contributed by atoms with van der Waals surface area (Å²) in [6, 6.07) is 21.0. The van der Waals surface area contributed by atoms with E-state index in [0.29, 0.717) is 26.2 Å². The van der Waals surface area contributed by atoms with E-state index < -0.39 is 12.2 Å². The van der Waals surface area contributed by atoms with Crippen molar-refractivity contribution in [2.45, 2.75) is 38.0 Å². The fourth-order valence-corrected chi connectivity index (χ4v) is 7.04. The van der Waals surface area contributed by atoms with Crippen molar-refractivity contribution in [3.63, 3.8) is 0 Å². The number of nitrogens with two attached hydrogens (primary N) is 2. The minimum atomic E-state index is -0.475. The lowest BCUT2D eigenvalue weighted by molar-refractivity contribution is -0.563. The molecule has 0 radical (unpaired) electrons. The van der Waals surface area contributed by atoms with Crippen molar-refractivity contribution in [3.8, 4) is 0 Å². The highest BCUT2D eigenvalue weighted by Crippen LogP contribution is 2.33. The van der Waals surface area contributed by atoms with Crippen molar-refractivity contribution in [3.05, 3.63) is 118 Å². The van der Waals surface area contributed by atoms with Gasteiger partial charge in [-0.05, 0) is 59.7 Å². The highest BCUT2D eigenvalue weighted by molar-refractivity contribution is 5.87. The molecule has 4 aromatic rings. The standard InChI is InChI=1S/C36H39FN8O/c1-43(22-38)35(39)33-30(25-7-8-27-21-45(42-32(27)18-25)20-23-5-3-2-4-6-23)19-31(41-33)24-12-15-44(16-13-24)36(46)34-29-10-9-28(37)17-26(29)11-14-40-34/h2-10,17-19,21-22,24,34-35,38,40-41H,11-16,20,39H2,1H3/p+1. The minimum Gasteiger partial charge on any atom is -0.342 e. The van der Waals surface area contributed by atoms with Crippen molar-refractivity contribution in [2.75, 3.05) is 26.7 Å². The number of hydrogen-bond donors (Lipinski definition) is 4. The van der Waals surface area contributed by atoms with Crippen LogP contribution in [0.1, 0.15) is 41.1 Å². The van der Waals surface area contributed by atoms with E-state index in [2.05, 4.69) is 53.2 Å². The third kappa shape index (κ3) is 5.87. The van der Waals surface area contributed by atoms with Gasteiger partial charge in [-0.2, -0.15) is 5.10 Å². The first-order valence-electron chi connectivity index (χ1n) is 16.0. The van der Waals surface area contributed by atoms with E-state index in [1.807, 2.05) is 34.8 Å². The van der Waals surface area contributed by atoms with E-state index in [1.165, 1.54) is 23.7 Å². The quantitative estimate of drug-likeness (QED) is 0.137. The van der Waals surface area contributed by atoms with Gasteiger partial charge in [-0.3, -0.25) is 20.2 Å². The van der Waals surface area contributed by atoms with E-state index >= 15 is 0 Å². The van der Waals surface area contributed by atoms with Crippen molar-refractivity contribution in [1.29, 1.82) is 5.41 Å². The van der Waals surface area contributed by atoms with Gasteiger partial charge in [0.05, 0.1) is 18.4 Å². The summed E-state index contributed by atoms with van der Waals surface area (Å²) in [6.07, 6.45) is 7.50. The Hall–Kier alpha value is -4.64. The predicted octanol–water partition coefficient (Wildman–Crippen LogP) is 3.34. The molecule has 236 valence electrons. The van der Waals surface area contributed by atoms with Crippen molar-refractivity contribution < 1.29 is 14.5 Å². The molecule has 1 amide bonds. The van der Waals surface area contributed by atoms with Gasteiger partial charge in [-0.1, -0.05) is 48.5 Å². The zero-order chi connectivity index (χ0) is 31.8. The van der Waals surface area contributed by atoms with E-state index in [4.69, 9.17) is 16.2 Å². The SMILES string of the molecule is CN(C=N)C(N)C1=C(c2ccc3cn(Cc4ccccc4)nc3c2)C=C(C2CCN(C(=O)C3NCCc4cc(F)ccc43)CC2)[NH2+]1. The molecule has 7 rings (SSSR count). The molecule has 1 saturated heterocycles. The number of benzene rings is 3. The van der Waals surface area contributed by atoms with Gasteiger partial charge >= 0.3 is 0 Å². The molecular weight excluding hydrogens is 579 g/mol. The molecule has 0 aliphatic carbocycles. The van der Waals surface area contributed by atoms with Gasteiger partial charge in [0.15, 0.2) is 11.9 Å². The molecule has 6 N–H and O–H groups in total. The van der Waals surface area contributed by atoms with Gasteiger partial charge < -0.3 is 20.9 Å². The molecule has 1 aromatic heterocycles. The number of carbonyl (C=O) groups is 1. The number of allylic oxidation sites excluding steroid dienone is 3. The zero-order valence-electron chi connectivity index (χ0n) is 26.0. The molecule has 4 heterocycles. The minimum absolute atomic E-state index is 0.0597. The molecular formula is C36H40FN8O+. The highest BCUT2D eigenvalue weighted by Gasteiger charge is 2.37. The molecule has 9 nitrogen and oxygen atoms in total. The summed E-state index contributed by atoms with van der Waals surface area (Å²) >= 11 is 0.